The molecule has 0 radical (unpaired) electrons. The Balaban J connectivity index is 2.12. The van der Waals surface area contributed by atoms with Crippen LogP contribution in [0.25, 0.3) is 22.0 Å². The van der Waals surface area contributed by atoms with E-state index < -0.39 is 0 Å². The van der Waals surface area contributed by atoms with E-state index in [0.29, 0.717) is 21.8 Å². The van der Waals surface area contributed by atoms with Crippen LogP contribution in [0.3, 0.4) is 0 Å². The van der Waals surface area contributed by atoms with Crippen LogP contribution >= 0.6 is 11.6 Å². The summed E-state index contributed by atoms with van der Waals surface area (Å²) in [7, 11) is 0. The summed E-state index contributed by atoms with van der Waals surface area (Å²) in [5.41, 5.74) is 4.85. The molecule has 0 fully saturated rings. The van der Waals surface area contributed by atoms with Crippen molar-refractivity contribution in [2.75, 3.05) is 0 Å². The zero-order valence-corrected chi connectivity index (χ0v) is 14.0. The zero-order valence-electron chi connectivity index (χ0n) is 13.3. The predicted octanol–water partition coefficient (Wildman–Crippen LogP) is 4.59. The second-order valence-electron chi connectivity index (χ2n) is 5.72. The lowest BCUT2D eigenvalue weighted by Gasteiger charge is -2.05. The summed E-state index contributed by atoms with van der Waals surface area (Å²) in [5.74, 6) is 0.386. The number of aryl methyl sites for hydroxylation is 3. The molecule has 0 saturated heterocycles. The third-order valence-electron chi connectivity index (χ3n) is 3.99. The molecule has 3 rings (SSSR count). The summed E-state index contributed by atoms with van der Waals surface area (Å²) >= 11 is 6.39. The number of para-hydroxylation sites is 1. The summed E-state index contributed by atoms with van der Waals surface area (Å²) in [6.07, 6.45) is 1.82. The van der Waals surface area contributed by atoms with Crippen LogP contribution in [-0.2, 0) is 0 Å². The van der Waals surface area contributed by atoms with Gasteiger partial charge in [-0.25, -0.2) is 4.98 Å². The zero-order chi connectivity index (χ0) is 16.6. The first-order valence-electron chi connectivity index (χ1n) is 7.40. The Hall–Kier alpha value is -2.39. The van der Waals surface area contributed by atoms with Crippen LogP contribution < -0.4 is 5.56 Å². The highest BCUT2D eigenvalue weighted by molar-refractivity contribution is 6.50. The van der Waals surface area contributed by atoms with E-state index in [4.69, 9.17) is 11.6 Å². The van der Waals surface area contributed by atoms with Crippen molar-refractivity contribution in [2.45, 2.75) is 20.8 Å². The number of rotatable bonds is 2. The van der Waals surface area contributed by atoms with Crippen LogP contribution in [0.2, 0.25) is 0 Å². The summed E-state index contributed by atoms with van der Waals surface area (Å²) in [6.45, 7) is 6.05. The van der Waals surface area contributed by atoms with Crippen LogP contribution in [-0.4, -0.2) is 9.97 Å². The van der Waals surface area contributed by atoms with Gasteiger partial charge in [0.05, 0.1) is 15.9 Å². The van der Waals surface area contributed by atoms with Crippen LogP contribution in [0.15, 0.2) is 41.2 Å². The quantitative estimate of drug-likeness (QED) is 0.749. The van der Waals surface area contributed by atoms with Crippen LogP contribution in [0.5, 0.6) is 0 Å². The Bertz CT molecular complexity index is 986. The van der Waals surface area contributed by atoms with Gasteiger partial charge in [0.2, 0.25) is 0 Å². The van der Waals surface area contributed by atoms with Crippen molar-refractivity contribution in [3.63, 3.8) is 0 Å². The topological polar surface area (TPSA) is 45.8 Å². The van der Waals surface area contributed by atoms with E-state index in [2.05, 4.69) is 29.9 Å². The molecule has 0 aliphatic heterocycles. The van der Waals surface area contributed by atoms with E-state index in [9.17, 15) is 4.79 Å². The van der Waals surface area contributed by atoms with Crippen molar-refractivity contribution in [1.82, 2.24) is 9.97 Å². The van der Waals surface area contributed by atoms with Gasteiger partial charge in [0.25, 0.3) is 5.56 Å². The molecule has 0 bridgehead atoms. The number of H-pyrrole nitrogens is 1. The molecule has 0 spiro atoms. The van der Waals surface area contributed by atoms with E-state index in [1.807, 2.05) is 37.3 Å². The fourth-order valence-corrected chi connectivity index (χ4v) is 2.70. The van der Waals surface area contributed by atoms with E-state index >= 15 is 0 Å². The molecule has 0 atom stereocenters. The van der Waals surface area contributed by atoms with Crippen molar-refractivity contribution in [3.05, 3.63) is 74.8 Å². The Morgan fingerprint density at radius 1 is 1.09 bits per heavy atom. The van der Waals surface area contributed by atoms with Gasteiger partial charge < -0.3 is 4.98 Å². The number of fused-ring (bicyclic) bond motifs is 1. The van der Waals surface area contributed by atoms with Gasteiger partial charge in [-0.2, -0.15) is 0 Å². The first-order chi connectivity index (χ1) is 11.0. The molecule has 0 unspecified atom stereocenters. The maximum Gasteiger partial charge on any atom is 0.259 e. The Labute approximate surface area is 139 Å². The Morgan fingerprint density at radius 3 is 2.61 bits per heavy atom. The molecule has 3 nitrogen and oxygen atoms in total. The first-order valence-corrected chi connectivity index (χ1v) is 7.78. The molecule has 1 heterocycles. The second-order valence-corrected chi connectivity index (χ2v) is 6.13. The molecule has 1 N–H and O–H groups in total. The van der Waals surface area contributed by atoms with Crippen molar-refractivity contribution in [1.29, 1.82) is 0 Å². The predicted molar refractivity (Wildman–Crippen MR) is 96.7 cm³/mol. The van der Waals surface area contributed by atoms with Crippen molar-refractivity contribution in [2.24, 2.45) is 0 Å². The van der Waals surface area contributed by atoms with Gasteiger partial charge in [-0.3, -0.25) is 4.79 Å². The van der Waals surface area contributed by atoms with Crippen LogP contribution in [0.4, 0.5) is 0 Å². The standard InChI is InChI=1S/C19H17ClN2O/c1-11-7-8-14(9-13(11)3)10-16(20)18-21-17-12(2)5-4-6-15(17)19(23)22-18/h4-10H,1-3H3,(H,21,22,23)/b16-10-. The maximum absolute atomic E-state index is 12.2. The molecular formula is C19H17ClN2O. The molecule has 3 aromatic rings. The lowest BCUT2D eigenvalue weighted by Crippen LogP contribution is -2.11. The van der Waals surface area contributed by atoms with E-state index in [1.54, 1.807) is 6.07 Å². The van der Waals surface area contributed by atoms with Gasteiger partial charge in [0.15, 0.2) is 5.82 Å². The van der Waals surface area contributed by atoms with Crippen molar-refractivity contribution >= 4 is 33.6 Å². The van der Waals surface area contributed by atoms with Gasteiger partial charge in [0, 0.05) is 0 Å². The van der Waals surface area contributed by atoms with Crippen LogP contribution in [0.1, 0.15) is 28.1 Å². The number of halogens is 1. The van der Waals surface area contributed by atoms with Gasteiger partial charge in [0.1, 0.15) is 0 Å². The first kappa shape index (κ1) is 15.5. The largest absolute Gasteiger partial charge is 0.305 e. The number of aromatic nitrogens is 2. The minimum absolute atomic E-state index is 0.180. The third-order valence-corrected chi connectivity index (χ3v) is 4.28. The lowest BCUT2D eigenvalue weighted by molar-refractivity contribution is 1.13. The fourth-order valence-electron chi connectivity index (χ4n) is 2.49. The molecule has 23 heavy (non-hydrogen) atoms. The second kappa shape index (κ2) is 6.01. The minimum Gasteiger partial charge on any atom is -0.305 e. The fraction of sp³-hybridized carbons (Fsp3) is 0.158. The summed E-state index contributed by atoms with van der Waals surface area (Å²) in [6, 6.07) is 11.6. The van der Waals surface area contributed by atoms with Gasteiger partial charge in [-0.05, 0) is 55.2 Å². The van der Waals surface area contributed by atoms with E-state index in [1.165, 1.54) is 11.1 Å². The summed E-state index contributed by atoms with van der Waals surface area (Å²) < 4.78 is 0. The van der Waals surface area contributed by atoms with Crippen molar-refractivity contribution < 1.29 is 0 Å². The number of nitrogens with zero attached hydrogens (tertiary/aromatic N) is 1. The molecule has 1 aromatic heterocycles. The van der Waals surface area contributed by atoms with E-state index in [-0.39, 0.29) is 5.56 Å². The molecule has 0 aliphatic rings. The Morgan fingerprint density at radius 2 is 1.87 bits per heavy atom. The number of aromatic amines is 1. The maximum atomic E-state index is 12.2. The Kier molecular flexibility index (Phi) is 4.05. The number of nitrogens with one attached hydrogen (secondary N) is 1. The van der Waals surface area contributed by atoms with Crippen LogP contribution in [0, 0.1) is 20.8 Å². The normalized spacial score (nSPS) is 11.9. The SMILES string of the molecule is Cc1ccc(/C=C(\Cl)c2nc3c(C)cccc3c(=O)[nH]2)cc1C. The average Bonchev–Trinajstić information content (AvgIpc) is 2.52. The highest BCUT2D eigenvalue weighted by Gasteiger charge is 2.08. The number of benzene rings is 2. The lowest BCUT2D eigenvalue weighted by atomic mass is 10.1. The number of hydrogen-bond acceptors (Lipinski definition) is 2. The minimum atomic E-state index is -0.180. The highest BCUT2D eigenvalue weighted by Crippen LogP contribution is 2.22. The molecule has 116 valence electrons. The highest BCUT2D eigenvalue weighted by atomic mass is 35.5. The summed E-state index contributed by atoms with van der Waals surface area (Å²) in [4.78, 5) is 19.5. The van der Waals surface area contributed by atoms with Crippen molar-refractivity contribution in [3.8, 4) is 0 Å². The molecule has 0 amide bonds. The summed E-state index contributed by atoms with van der Waals surface area (Å²) in [5, 5.41) is 0.986. The molecular weight excluding hydrogens is 308 g/mol. The smallest absolute Gasteiger partial charge is 0.259 e. The van der Waals surface area contributed by atoms with Gasteiger partial charge >= 0.3 is 0 Å². The monoisotopic (exact) mass is 324 g/mol. The van der Waals surface area contributed by atoms with Gasteiger partial charge in [-0.1, -0.05) is 41.9 Å². The molecule has 0 aliphatic carbocycles. The van der Waals surface area contributed by atoms with E-state index in [0.717, 1.165) is 11.1 Å². The van der Waals surface area contributed by atoms with Gasteiger partial charge in [-0.15, -0.1) is 0 Å². The molecule has 4 heteroatoms. The molecule has 2 aromatic carbocycles. The molecule has 0 saturated carbocycles. The average molecular weight is 325 g/mol. The third kappa shape index (κ3) is 3.06. The number of hydrogen-bond donors (Lipinski definition) is 1.